The second kappa shape index (κ2) is 11.9. The molecule has 0 spiro atoms. The molecule has 0 bridgehead atoms. The molecule has 0 N–H and O–H groups in total. The van der Waals surface area contributed by atoms with Gasteiger partial charge in [-0.2, -0.15) is 13.2 Å². The highest BCUT2D eigenvalue weighted by molar-refractivity contribution is 6.74. The zero-order valence-electron chi connectivity index (χ0n) is 22.0. The van der Waals surface area contributed by atoms with Crippen molar-refractivity contribution in [3.05, 3.63) is 51.5 Å². The van der Waals surface area contributed by atoms with Gasteiger partial charge in [0.05, 0.1) is 12.3 Å². The monoisotopic (exact) mass is 590 g/mol. The molecule has 0 atom stereocenters. The van der Waals surface area contributed by atoms with E-state index in [1.807, 2.05) is 6.07 Å². The summed E-state index contributed by atoms with van der Waals surface area (Å²) in [6, 6.07) is 5.27. The van der Waals surface area contributed by atoms with E-state index in [0.717, 1.165) is 5.56 Å². The summed E-state index contributed by atoms with van der Waals surface area (Å²) in [6.45, 7) is 9.66. The summed E-state index contributed by atoms with van der Waals surface area (Å²) in [4.78, 5) is 27.6. The minimum absolute atomic E-state index is 0.0164. The third-order valence-electron chi connectivity index (χ3n) is 6.77. The van der Waals surface area contributed by atoms with Crippen LogP contribution in [0.3, 0.4) is 0 Å². The predicted molar refractivity (Wildman–Crippen MR) is 145 cm³/mol. The molecule has 1 aliphatic carbocycles. The standard InChI is InChI=1S/C25H31Cl2F3N4O3Si/c1-24(2,3)38(4,5)37-12-11-34(23(35)20-21(26)31-15-32-22(20)27)17-9-10-18-16(13-17)7-6-8-19(18)33-36-14-25(28,29)30/h9-10,13,15H,6-8,11-12,14H2,1-5H3/b33-19+. The third kappa shape index (κ3) is 7.46. The fraction of sp³-hybridized carbons (Fsp3) is 0.520. The van der Waals surface area contributed by atoms with Crippen LogP contribution in [0.25, 0.3) is 0 Å². The molecule has 1 amide bonds. The minimum atomic E-state index is -4.47. The first-order chi connectivity index (χ1) is 17.6. The van der Waals surface area contributed by atoms with Gasteiger partial charge in [0.2, 0.25) is 6.61 Å². The summed E-state index contributed by atoms with van der Waals surface area (Å²) >= 11 is 12.4. The van der Waals surface area contributed by atoms with Gasteiger partial charge in [-0.25, -0.2) is 9.97 Å². The highest BCUT2D eigenvalue weighted by atomic mass is 35.5. The van der Waals surface area contributed by atoms with Gasteiger partial charge < -0.3 is 14.2 Å². The Bertz CT molecular complexity index is 1180. The van der Waals surface area contributed by atoms with Crippen molar-refractivity contribution in [2.24, 2.45) is 5.16 Å². The molecule has 0 aliphatic heterocycles. The summed E-state index contributed by atoms with van der Waals surface area (Å²) in [5.74, 6) is -0.488. The summed E-state index contributed by atoms with van der Waals surface area (Å²) in [5, 5.41) is 3.58. The quantitative estimate of drug-likeness (QED) is 0.187. The van der Waals surface area contributed by atoms with Crippen molar-refractivity contribution in [3.8, 4) is 0 Å². The van der Waals surface area contributed by atoms with E-state index >= 15 is 0 Å². The summed E-state index contributed by atoms with van der Waals surface area (Å²) < 4.78 is 43.8. The molecular weight excluding hydrogens is 560 g/mol. The predicted octanol–water partition coefficient (Wildman–Crippen LogP) is 7.07. The third-order valence-corrected chi connectivity index (χ3v) is 11.9. The van der Waals surface area contributed by atoms with Crippen LogP contribution in [0.2, 0.25) is 28.4 Å². The number of oxime groups is 1. The van der Waals surface area contributed by atoms with E-state index in [9.17, 15) is 18.0 Å². The number of benzene rings is 1. The van der Waals surface area contributed by atoms with E-state index in [-0.39, 0.29) is 34.1 Å². The van der Waals surface area contributed by atoms with Crippen molar-refractivity contribution in [2.75, 3.05) is 24.7 Å². The number of alkyl halides is 3. The Labute approximate surface area is 231 Å². The van der Waals surface area contributed by atoms with Crippen LogP contribution in [-0.2, 0) is 15.7 Å². The van der Waals surface area contributed by atoms with Crippen molar-refractivity contribution >= 4 is 48.8 Å². The van der Waals surface area contributed by atoms with Crippen LogP contribution in [0, 0.1) is 0 Å². The molecule has 0 radical (unpaired) electrons. The number of nitrogens with zero attached hydrogens (tertiary/aromatic N) is 4. The first-order valence-electron chi connectivity index (χ1n) is 12.1. The lowest BCUT2D eigenvalue weighted by Gasteiger charge is -2.37. The van der Waals surface area contributed by atoms with E-state index in [1.54, 1.807) is 12.1 Å². The first kappa shape index (κ1) is 30.3. The molecule has 1 heterocycles. The molecule has 208 valence electrons. The first-order valence-corrected chi connectivity index (χ1v) is 15.8. The number of aromatic nitrogens is 2. The Kier molecular flexibility index (Phi) is 9.49. The molecule has 3 rings (SSSR count). The number of carbonyl (C=O) groups excluding carboxylic acids is 1. The van der Waals surface area contributed by atoms with Crippen LogP contribution >= 0.6 is 23.2 Å². The van der Waals surface area contributed by atoms with E-state index < -0.39 is 27.0 Å². The molecule has 2 aromatic rings. The molecular formula is C25H31Cl2F3N4O3Si. The number of hydrogen-bond donors (Lipinski definition) is 0. The van der Waals surface area contributed by atoms with Crippen LogP contribution < -0.4 is 4.90 Å². The van der Waals surface area contributed by atoms with Gasteiger partial charge in [0.25, 0.3) is 5.91 Å². The van der Waals surface area contributed by atoms with Gasteiger partial charge in [-0.05, 0) is 55.1 Å². The molecule has 38 heavy (non-hydrogen) atoms. The van der Waals surface area contributed by atoms with Gasteiger partial charge in [0.1, 0.15) is 22.2 Å². The summed E-state index contributed by atoms with van der Waals surface area (Å²) in [6.07, 6.45) is -1.47. The average Bonchev–Trinajstić information content (AvgIpc) is 2.80. The largest absolute Gasteiger partial charge is 0.425 e. The van der Waals surface area contributed by atoms with Gasteiger partial charge in [-0.15, -0.1) is 0 Å². The number of rotatable bonds is 8. The maximum Gasteiger partial charge on any atom is 0.425 e. The second-order valence-electron chi connectivity index (χ2n) is 10.5. The normalized spacial score (nSPS) is 15.4. The second-order valence-corrected chi connectivity index (χ2v) is 16.0. The number of anilines is 1. The smallest absolute Gasteiger partial charge is 0.415 e. The van der Waals surface area contributed by atoms with Crippen molar-refractivity contribution in [3.63, 3.8) is 0 Å². The van der Waals surface area contributed by atoms with E-state index in [4.69, 9.17) is 27.6 Å². The van der Waals surface area contributed by atoms with Gasteiger partial charge >= 0.3 is 6.18 Å². The van der Waals surface area contributed by atoms with Crippen molar-refractivity contribution in [2.45, 2.75) is 64.3 Å². The van der Waals surface area contributed by atoms with Crippen LogP contribution in [0.4, 0.5) is 18.9 Å². The summed E-state index contributed by atoms with van der Waals surface area (Å²) in [7, 11) is -2.09. The Balaban J connectivity index is 1.94. The molecule has 1 aromatic heterocycles. The van der Waals surface area contributed by atoms with Crippen molar-refractivity contribution in [1.82, 2.24) is 9.97 Å². The number of aryl methyl sites for hydroxylation is 1. The number of fused-ring (bicyclic) bond motifs is 1. The average molecular weight is 592 g/mol. The molecule has 13 heteroatoms. The van der Waals surface area contributed by atoms with Gasteiger partial charge in [-0.3, -0.25) is 4.79 Å². The molecule has 0 fully saturated rings. The zero-order valence-corrected chi connectivity index (χ0v) is 24.5. The molecule has 0 saturated heterocycles. The topological polar surface area (TPSA) is 76.9 Å². The number of carbonyl (C=O) groups is 1. The van der Waals surface area contributed by atoms with Crippen molar-refractivity contribution in [1.29, 1.82) is 0 Å². The Morgan fingerprint density at radius 1 is 1.13 bits per heavy atom. The van der Waals surface area contributed by atoms with Crippen LogP contribution in [0.1, 0.15) is 55.1 Å². The van der Waals surface area contributed by atoms with Gasteiger partial charge in [0, 0.05) is 17.8 Å². The maximum absolute atomic E-state index is 13.7. The molecule has 1 aliphatic rings. The van der Waals surface area contributed by atoms with Crippen LogP contribution in [0.5, 0.6) is 0 Å². The molecule has 7 nitrogen and oxygen atoms in total. The fourth-order valence-corrected chi connectivity index (χ4v) is 5.22. The number of halogens is 5. The highest BCUT2D eigenvalue weighted by Gasteiger charge is 2.37. The van der Waals surface area contributed by atoms with Gasteiger partial charge in [-0.1, -0.05) is 55.2 Å². The zero-order chi connectivity index (χ0) is 28.3. The molecule has 1 aromatic carbocycles. The lowest BCUT2D eigenvalue weighted by Crippen LogP contribution is -2.43. The van der Waals surface area contributed by atoms with E-state index in [0.29, 0.717) is 36.2 Å². The van der Waals surface area contributed by atoms with E-state index in [1.165, 1.54) is 11.2 Å². The summed E-state index contributed by atoms with van der Waals surface area (Å²) in [5.41, 5.74) is 2.49. The van der Waals surface area contributed by atoms with Gasteiger partial charge in [0.15, 0.2) is 8.32 Å². The Hall–Kier alpha value is -2.21. The number of amides is 1. The van der Waals surface area contributed by atoms with E-state index in [2.05, 4.69) is 53.8 Å². The maximum atomic E-state index is 13.7. The minimum Gasteiger partial charge on any atom is -0.415 e. The lowest BCUT2D eigenvalue weighted by molar-refractivity contribution is -0.173. The fourth-order valence-electron chi connectivity index (χ4n) is 3.71. The SMILES string of the molecule is CC(C)(C)[Si](C)(C)OCCN(C(=O)c1c(Cl)ncnc1Cl)c1ccc2c(c1)CCC/C2=N\OCC(F)(F)F. The number of hydrogen-bond acceptors (Lipinski definition) is 6. The van der Waals surface area contributed by atoms with Crippen LogP contribution in [-0.4, -0.2) is 55.8 Å². The Morgan fingerprint density at radius 3 is 2.39 bits per heavy atom. The highest BCUT2D eigenvalue weighted by Crippen LogP contribution is 2.37. The van der Waals surface area contributed by atoms with Crippen molar-refractivity contribution < 1.29 is 27.2 Å². The Morgan fingerprint density at radius 2 is 1.79 bits per heavy atom. The lowest BCUT2D eigenvalue weighted by atomic mass is 9.89. The molecule has 0 saturated carbocycles. The molecule has 0 unspecified atom stereocenters. The van der Waals surface area contributed by atoms with Crippen LogP contribution in [0.15, 0.2) is 29.7 Å².